The third-order valence-electron chi connectivity index (χ3n) is 3.98. The number of nitrogens with zero attached hydrogens (tertiary/aromatic N) is 1. The van der Waals surface area contributed by atoms with E-state index in [1.54, 1.807) is 12.1 Å². The number of rotatable bonds is 8. The monoisotopic (exact) mass is 428 g/mol. The minimum atomic E-state index is -3.75. The highest BCUT2D eigenvalue weighted by Gasteiger charge is 2.28. The summed E-state index contributed by atoms with van der Waals surface area (Å²) < 4.78 is 43.9. The number of halogens is 2. The second-order valence-corrected chi connectivity index (χ2v) is 8.53. The maximum Gasteiger partial charge on any atom is 0.243 e. The van der Waals surface area contributed by atoms with Crippen molar-refractivity contribution in [3.63, 3.8) is 0 Å². The number of amides is 1. The number of carbonyl (C=O) groups is 1. The van der Waals surface area contributed by atoms with Crippen LogP contribution in [0, 0.1) is 12.7 Å². The van der Waals surface area contributed by atoms with Gasteiger partial charge < -0.3 is 10.1 Å². The number of nitrogens with one attached hydrogen (secondary N) is 1. The van der Waals surface area contributed by atoms with Crippen molar-refractivity contribution in [3.8, 4) is 5.75 Å². The first kappa shape index (κ1) is 22.0. The number of anilines is 1. The van der Waals surface area contributed by atoms with Crippen LogP contribution < -0.4 is 14.4 Å². The quantitative estimate of drug-likeness (QED) is 0.655. The molecule has 1 N–H and O–H groups in total. The van der Waals surface area contributed by atoms with Gasteiger partial charge >= 0.3 is 0 Å². The summed E-state index contributed by atoms with van der Waals surface area (Å²) in [5, 5.41) is 3.22. The lowest BCUT2D eigenvalue weighted by Gasteiger charge is -2.28. The number of hydrogen-bond acceptors (Lipinski definition) is 4. The van der Waals surface area contributed by atoms with E-state index >= 15 is 0 Å². The zero-order valence-corrected chi connectivity index (χ0v) is 17.3. The molecule has 152 valence electrons. The van der Waals surface area contributed by atoms with Gasteiger partial charge in [0.2, 0.25) is 15.9 Å². The second kappa shape index (κ2) is 9.25. The van der Waals surface area contributed by atoms with Gasteiger partial charge in [0.05, 0.1) is 18.5 Å². The zero-order valence-electron chi connectivity index (χ0n) is 15.8. The summed E-state index contributed by atoms with van der Waals surface area (Å²) in [5.74, 6) is -0.426. The highest BCUT2D eigenvalue weighted by molar-refractivity contribution is 7.92. The van der Waals surface area contributed by atoms with Crippen molar-refractivity contribution < 1.29 is 22.3 Å². The van der Waals surface area contributed by atoms with Gasteiger partial charge in [-0.2, -0.15) is 0 Å². The molecule has 0 aliphatic carbocycles. The van der Waals surface area contributed by atoms with Crippen LogP contribution in [0.2, 0.25) is 5.02 Å². The van der Waals surface area contributed by atoms with Crippen molar-refractivity contribution >= 4 is 33.2 Å². The van der Waals surface area contributed by atoms with Crippen LogP contribution in [-0.2, 0) is 14.8 Å². The number of aryl methyl sites for hydroxylation is 1. The molecule has 0 saturated carbocycles. The molecule has 0 saturated heterocycles. The lowest BCUT2D eigenvalue weighted by molar-refractivity contribution is -0.121. The third-order valence-corrected chi connectivity index (χ3v) is 5.63. The van der Waals surface area contributed by atoms with Gasteiger partial charge in [-0.3, -0.25) is 9.10 Å². The molecule has 1 atom stereocenters. The molecule has 0 spiro atoms. The number of benzene rings is 2. The molecule has 6 nitrogen and oxygen atoms in total. The Kier molecular flexibility index (Phi) is 7.26. The van der Waals surface area contributed by atoms with E-state index in [4.69, 9.17) is 16.3 Å². The number of ether oxygens (including phenoxy) is 1. The van der Waals surface area contributed by atoms with E-state index in [0.29, 0.717) is 10.8 Å². The Hall–Kier alpha value is -2.32. The summed E-state index contributed by atoms with van der Waals surface area (Å²) >= 11 is 6.03. The minimum Gasteiger partial charge on any atom is -0.492 e. The van der Waals surface area contributed by atoms with Gasteiger partial charge in [-0.1, -0.05) is 17.7 Å². The van der Waals surface area contributed by atoms with Crippen LogP contribution in [0.3, 0.4) is 0 Å². The predicted molar refractivity (Wildman–Crippen MR) is 108 cm³/mol. The summed E-state index contributed by atoms with van der Waals surface area (Å²) in [7, 11) is -3.75. The molecular weight excluding hydrogens is 407 g/mol. The van der Waals surface area contributed by atoms with Gasteiger partial charge in [0, 0.05) is 5.02 Å². The molecule has 2 aromatic carbocycles. The smallest absolute Gasteiger partial charge is 0.243 e. The van der Waals surface area contributed by atoms with Gasteiger partial charge in [-0.25, -0.2) is 12.8 Å². The maximum absolute atomic E-state index is 13.1. The SMILES string of the molecule is Cc1ccc(OCCNC(=O)[C@H](C)N(c2ccc(F)cc2)S(C)(=O)=O)cc1Cl. The van der Waals surface area contributed by atoms with Crippen LogP contribution in [-0.4, -0.2) is 39.8 Å². The maximum atomic E-state index is 13.1. The van der Waals surface area contributed by atoms with Crippen molar-refractivity contribution in [2.75, 3.05) is 23.7 Å². The Balaban J connectivity index is 1.97. The van der Waals surface area contributed by atoms with E-state index in [-0.39, 0.29) is 18.8 Å². The van der Waals surface area contributed by atoms with Gasteiger partial charge in [0.15, 0.2) is 0 Å². The molecule has 2 rings (SSSR count). The van der Waals surface area contributed by atoms with Crippen LogP contribution in [0.4, 0.5) is 10.1 Å². The molecule has 0 aliphatic heterocycles. The summed E-state index contributed by atoms with van der Waals surface area (Å²) in [6, 6.07) is 9.15. The zero-order chi connectivity index (χ0) is 20.9. The van der Waals surface area contributed by atoms with Crippen molar-refractivity contribution in [3.05, 3.63) is 58.9 Å². The van der Waals surface area contributed by atoms with Crippen LogP contribution >= 0.6 is 11.6 Å². The number of hydrogen-bond donors (Lipinski definition) is 1. The van der Waals surface area contributed by atoms with E-state index in [2.05, 4.69) is 5.32 Å². The van der Waals surface area contributed by atoms with Gasteiger partial charge in [-0.15, -0.1) is 0 Å². The van der Waals surface area contributed by atoms with E-state index in [1.807, 2.05) is 13.0 Å². The van der Waals surface area contributed by atoms with Gasteiger partial charge in [0.1, 0.15) is 24.2 Å². The molecule has 0 radical (unpaired) electrons. The highest BCUT2D eigenvalue weighted by Crippen LogP contribution is 2.22. The van der Waals surface area contributed by atoms with E-state index in [9.17, 15) is 17.6 Å². The predicted octanol–water partition coefficient (Wildman–Crippen LogP) is 3.14. The van der Waals surface area contributed by atoms with Crippen molar-refractivity contribution in [1.29, 1.82) is 0 Å². The standard InChI is InChI=1S/C19H22ClFN2O4S/c1-13-4-9-17(12-18(13)20)27-11-10-22-19(24)14(2)23(28(3,25)26)16-7-5-15(21)6-8-16/h4-9,12,14H,10-11H2,1-3H3,(H,22,24)/t14-/m0/s1. The average Bonchev–Trinajstić information content (AvgIpc) is 2.62. The van der Waals surface area contributed by atoms with Crippen molar-refractivity contribution in [2.45, 2.75) is 19.9 Å². The molecule has 0 heterocycles. The first-order valence-electron chi connectivity index (χ1n) is 8.51. The highest BCUT2D eigenvalue weighted by atomic mass is 35.5. The Morgan fingerprint density at radius 2 is 1.89 bits per heavy atom. The normalized spacial score (nSPS) is 12.3. The Morgan fingerprint density at radius 1 is 1.25 bits per heavy atom. The molecule has 0 unspecified atom stereocenters. The topological polar surface area (TPSA) is 75.7 Å². The molecular formula is C19H22ClFN2O4S. The Labute approximate surface area is 169 Å². The minimum absolute atomic E-state index is 0.176. The molecule has 9 heteroatoms. The molecule has 1 amide bonds. The van der Waals surface area contributed by atoms with Crippen LogP contribution in [0.5, 0.6) is 5.75 Å². The molecule has 2 aromatic rings. The fraction of sp³-hybridized carbons (Fsp3) is 0.316. The summed E-state index contributed by atoms with van der Waals surface area (Å²) in [4.78, 5) is 12.4. The first-order chi connectivity index (χ1) is 13.1. The molecule has 0 aliphatic rings. The van der Waals surface area contributed by atoms with Gasteiger partial charge in [-0.05, 0) is 55.8 Å². The fourth-order valence-corrected chi connectivity index (χ4v) is 3.90. The van der Waals surface area contributed by atoms with Crippen molar-refractivity contribution in [2.24, 2.45) is 0 Å². The van der Waals surface area contributed by atoms with Crippen LogP contribution in [0.1, 0.15) is 12.5 Å². The molecule has 0 fully saturated rings. The Morgan fingerprint density at radius 3 is 2.46 bits per heavy atom. The first-order valence-corrected chi connectivity index (χ1v) is 10.7. The number of carbonyl (C=O) groups excluding carboxylic acids is 1. The van der Waals surface area contributed by atoms with Crippen LogP contribution in [0.15, 0.2) is 42.5 Å². The average molecular weight is 429 g/mol. The van der Waals surface area contributed by atoms with E-state index in [1.165, 1.54) is 19.1 Å². The summed E-state index contributed by atoms with van der Waals surface area (Å²) in [5.41, 5.74) is 1.13. The van der Waals surface area contributed by atoms with Crippen molar-refractivity contribution in [1.82, 2.24) is 5.32 Å². The molecule has 0 aromatic heterocycles. The summed E-state index contributed by atoms with van der Waals surface area (Å²) in [6.07, 6.45) is 0.990. The summed E-state index contributed by atoms with van der Waals surface area (Å²) in [6.45, 7) is 3.70. The third kappa shape index (κ3) is 5.84. The number of sulfonamides is 1. The lowest BCUT2D eigenvalue weighted by Crippen LogP contribution is -2.48. The largest absolute Gasteiger partial charge is 0.492 e. The molecule has 28 heavy (non-hydrogen) atoms. The lowest BCUT2D eigenvalue weighted by atomic mass is 10.2. The van der Waals surface area contributed by atoms with E-state index < -0.39 is 27.8 Å². The van der Waals surface area contributed by atoms with Gasteiger partial charge in [0.25, 0.3) is 0 Å². The molecule has 0 bridgehead atoms. The fourth-order valence-electron chi connectivity index (χ4n) is 2.55. The van der Waals surface area contributed by atoms with E-state index in [0.717, 1.165) is 28.3 Å². The second-order valence-electron chi connectivity index (χ2n) is 6.26. The van der Waals surface area contributed by atoms with Crippen LogP contribution in [0.25, 0.3) is 0 Å². The Bertz CT molecular complexity index is 935.